The molecule has 0 bridgehead atoms. The minimum Gasteiger partial charge on any atom is -0.310 e. The maximum Gasteiger partial charge on any atom is 0.0281 e. The van der Waals surface area contributed by atoms with E-state index >= 15 is 0 Å². The zero-order valence-corrected chi connectivity index (χ0v) is 11.4. The third-order valence-electron chi connectivity index (χ3n) is 4.73. The normalized spacial score (nSPS) is 46.1. The van der Waals surface area contributed by atoms with E-state index in [1.54, 1.807) is 0 Å². The molecule has 2 nitrogen and oxygen atoms in total. The van der Waals surface area contributed by atoms with E-state index in [2.05, 4.69) is 37.9 Å². The second-order valence-corrected chi connectivity index (χ2v) is 6.58. The third kappa shape index (κ3) is 2.60. The summed E-state index contributed by atoms with van der Waals surface area (Å²) in [5.41, 5.74) is 0.380. The monoisotopic (exact) mass is 224 g/mol. The molecule has 0 aromatic rings. The summed E-state index contributed by atoms with van der Waals surface area (Å²) < 4.78 is 0. The Labute approximate surface area is 101 Å². The number of hydrogen-bond donors (Lipinski definition) is 1. The fraction of sp³-hybridized carbons (Fsp3) is 1.00. The number of hydrogen-bond acceptors (Lipinski definition) is 2. The fourth-order valence-corrected chi connectivity index (χ4v) is 3.58. The largest absolute Gasteiger partial charge is 0.310 e. The highest BCUT2D eigenvalue weighted by molar-refractivity contribution is 4.94. The average molecular weight is 224 g/mol. The molecule has 0 aromatic heterocycles. The van der Waals surface area contributed by atoms with Gasteiger partial charge in [-0.1, -0.05) is 13.8 Å². The van der Waals surface area contributed by atoms with Crippen LogP contribution >= 0.6 is 0 Å². The number of likely N-dealkylation sites (tertiary alicyclic amines) is 1. The highest BCUT2D eigenvalue weighted by atomic mass is 15.2. The van der Waals surface area contributed by atoms with Gasteiger partial charge in [-0.15, -0.1) is 0 Å². The van der Waals surface area contributed by atoms with Crippen LogP contribution in [0.5, 0.6) is 0 Å². The molecule has 4 unspecified atom stereocenters. The van der Waals surface area contributed by atoms with E-state index in [9.17, 15) is 0 Å². The van der Waals surface area contributed by atoms with Gasteiger partial charge < -0.3 is 5.32 Å². The van der Waals surface area contributed by atoms with Crippen LogP contribution < -0.4 is 5.32 Å². The lowest BCUT2D eigenvalue weighted by atomic mass is 9.84. The van der Waals surface area contributed by atoms with Crippen LogP contribution in [0.3, 0.4) is 0 Å². The van der Waals surface area contributed by atoms with Crippen LogP contribution in [-0.4, -0.2) is 36.1 Å². The number of rotatable bonds is 2. The van der Waals surface area contributed by atoms with Crippen LogP contribution in [0.2, 0.25) is 0 Å². The quantitative estimate of drug-likeness (QED) is 0.775. The van der Waals surface area contributed by atoms with Gasteiger partial charge in [-0.05, 0) is 51.5 Å². The summed E-state index contributed by atoms with van der Waals surface area (Å²) in [4.78, 5) is 2.72. The van der Waals surface area contributed by atoms with Crippen molar-refractivity contribution in [2.75, 3.05) is 19.6 Å². The van der Waals surface area contributed by atoms with Gasteiger partial charge in [0.05, 0.1) is 0 Å². The topological polar surface area (TPSA) is 15.3 Å². The third-order valence-corrected chi connectivity index (χ3v) is 4.73. The van der Waals surface area contributed by atoms with Crippen molar-refractivity contribution in [2.24, 2.45) is 11.8 Å². The Kier molecular flexibility index (Phi) is 3.60. The van der Waals surface area contributed by atoms with E-state index in [-0.39, 0.29) is 0 Å². The Morgan fingerprint density at radius 1 is 1.31 bits per heavy atom. The predicted octanol–water partition coefficient (Wildman–Crippen LogP) is 2.49. The first-order valence-electron chi connectivity index (χ1n) is 6.99. The lowest BCUT2D eigenvalue weighted by molar-refractivity contribution is 0.0572. The second-order valence-electron chi connectivity index (χ2n) is 6.58. The first-order valence-corrected chi connectivity index (χ1v) is 6.99. The summed E-state index contributed by atoms with van der Waals surface area (Å²) in [7, 11) is 0. The van der Waals surface area contributed by atoms with E-state index in [1.807, 2.05) is 0 Å². The number of nitrogens with zero attached hydrogens (tertiary/aromatic N) is 1. The summed E-state index contributed by atoms with van der Waals surface area (Å²) in [6, 6.07) is 0.760. The minimum atomic E-state index is 0.380. The van der Waals surface area contributed by atoms with Gasteiger partial charge >= 0.3 is 0 Å². The van der Waals surface area contributed by atoms with Crippen LogP contribution in [0.1, 0.15) is 47.0 Å². The molecule has 1 N–H and O–H groups in total. The van der Waals surface area contributed by atoms with E-state index in [4.69, 9.17) is 0 Å². The molecule has 0 radical (unpaired) electrons. The summed E-state index contributed by atoms with van der Waals surface area (Å²) in [6.07, 6.45) is 4.10. The second kappa shape index (κ2) is 4.66. The average Bonchev–Trinajstić information content (AvgIpc) is 2.61. The fourth-order valence-electron chi connectivity index (χ4n) is 3.58. The molecule has 0 spiro atoms. The molecule has 2 aliphatic rings. The Bertz CT molecular complexity index is 233. The molecule has 4 atom stereocenters. The molecule has 0 aromatic carbocycles. The molecular weight excluding hydrogens is 196 g/mol. The van der Waals surface area contributed by atoms with Crippen LogP contribution in [0.4, 0.5) is 0 Å². The van der Waals surface area contributed by atoms with Crippen molar-refractivity contribution >= 4 is 0 Å². The minimum absolute atomic E-state index is 0.380. The van der Waals surface area contributed by atoms with Crippen molar-refractivity contribution in [2.45, 2.75) is 58.5 Å². The molecule has 2 rings (SSSR count). The molecule has 0 aliphatic carbocycles. The van der Waals surface area contributed by atoms with Gasteiger partial charge in [0.25, 0.3) is 0 Å². The van der Waals surface area contributed by atoms with Gasteiger partial charge in [0.1, 0.15) is 0 Å². The van der Waals surface area contributed by atoms with E-state index in [0.29, 0.717) is 5.54 Å². The first-order chi connectivity index (χ1) is 7.50. The van der Waals surface area contributed by atoms with Crippen LogP contribution in [-0.2, 0) is 0 Å². The maximum atomic E-state index is 3.69. The van der Waals surface area contributed by atoms with Crippen molar-refractivity contribution < 1.29 is 0 Å². The lowest BCUT2D eigenvalue weighted by Gasteiger charge is -2.44. The van der Waals surface area contributed by atoms with Crippen LogP contribution in [0.25, 0.3) is 0 Å². The number of piperidine rings is 1. The Balaban J connectivity index is 1.97. The Morgan fingerprint density at radius 3 is 2.69 bits per heavy atom. The highest BCUT2D eigenvalue weighted by Crippen LogP contribution is 2.29. The molecule has 0 saturated carbocycles. The van der Waals surface area contributed by atoms with Gasteiger partial charge in [-0.2, -0.15) is 0 Å². The van der Waals surface area contributed by atoms with Crippen molar-refractivity contribution in [3.8, 4) is 0 Å². The van der Waals surface area contributed by atoms with Gasteiger partial charge in [0, 0.05) is 24.7 Å². The van der Waals surface area contributed by atoms with Crippen molar-refractivity contribution in [3.63, 3.8) is 0 Å². The van der Waals surface area contributed by atoms with Gasteiger partial charge in [0.2, 0.25) is 0 Å². The summed E-state index contributed by atoms with van der Waals surface area (Å²) in [6.45, 7) is 13.4. The smallest absolute Gasteiger partial charge is 0.0281 e. The van der Waals surface area contributed by atoms with Crippen LogP contribution in [0, 0.1) is 11.8 Å². The molecule has 2 heteroatoms. The van der Waals surface area contributed by atoms with Crippen molar-refractivity contribution in [1.29, 1.82) is 0 Å². The lowest BCUT2D eigenvalue weighted by Crippen LogP contribution is -2.54. The van der Waals surface area contributed by atoms with E-state index in [1.165, 1.54) is 38.9 Å². The predicted molar refractivity (Wildman–Crippen MR) is 69.6 cm³/mol. The molecule has 2 fully saturated rings. The molecular formula is C14H28N2. The van der Waals surface area contributed by atoms with Crippen molar-refractivity contribution in [1.82, 2.24) is 10.2 Å². The molecule has 2 saturated heterocycles. The Hall–Kier alpha value is -0.0800. The van der Waals surface area contributed by atoms with E-state index in [0.717, 1.165) is 17.9 Å². The zero-order chi connectivity index (χ0) is 11.8. The summed E-state index contributed by atoms with van der Waals surface area (Å²) >= 11 is 0. The van der Waals surface area contributed by atoms with Crippen LogP contribution in [0.15, 0.2) is 0 Å². The molecule has 94 valence electrons. The molecule has 16 heavy (non-hydrogen) atoms. The summed E-state index contributed by atoms with van der Waals surface area (Å²) in [5, 5.41) is 3.69. The SMILES string of the molecule is CC1CC(C)C(C)N(CC2(C)CCCN2)C1. The van der Waals surface area contributed by atoms with E-state index < -0.39 is 0 Å². The summed E-state index contributed by atoms with van der Waals surface area (Å²) in [5.74, 6) is 1.73. The standard InChI is InChI=1S/C14H28N2/c1-11-8-12(2)13(3)16(9-11)10-14(4)6-5-7-15-14/h11-13,15H,5-10H2,1-4H3. The molecule has 2 aliphatic heterocycles. The van der Waals surface area contributed by atoms with Gasteiger partial charge in [-0.3, -0.25) is 4.90 Å². The first kappa shape index (κ1) is 12.4. The molecule has 0 amide bonds. The Morgan fingerprint density at radius 2 is 2.06 bits per heavy atom. The zero-order valence-electron chi connectivity index (χ0n) is 11.4. The highest BCUT2D eigenvalue weighted by Gasteiger charge is 2.35. The molecule has 2 heterocycles. The maximum absolute atomic E-state index is 3.69. The number of nitrogens with one attached hydrogen (secondary N) is 1. The van der Waals surface area contributed by atoms with Gasteiger partial charge in [0.15, 0.2) is 0 Å². The van der Waals surface area contributed by atoms with Gasteiger partial charge in [-0.25, -0.2) is 0 Å². The van der Waals surface area contributed by atoms with Crippen molar-refractivity contribution in [3.05, 3.63) is 0 Å².